The highest BCUT2D eigenvalue weighted by Crippen LogP contribution is 2.13. The van der Waals surface area contributed by atoms with Crippen molar-refractivity contribution in [2.45, 2.75) is 58.8 Å². The van der Waals surface area contributed by atoms with Crippen molar-refractivity contribution in [3.63, 3.8) is 0 Å². The van der Waals surface area contributed by atoms with E-state index in [2.05, 4.69) is 5.48 Å². The number of rotatable bonds is 6. The van der Waals surface area contributed by atoms with Crippen molar-refractivity contribution < 1.29 is 19.5 Å². The van der Waals surface area contributed by atoms with E-state index in [1.165, 1.54) is 0 Å². The Kier molecular flexibility index (Phi) is 6.18. The second-order valence-electron chi connectivity index (χ2n) is 6.24. The lowest BCUT2D eigenvalue weighted by atomic mass is 10.1. The zero-order valence-corrected chi connectivity index (χ0v) is 13.3. The van der Waals surface area contributed by atoms with E-state index < -0.39 is 11.6 Å². The summed E-state index contributed by atoms with van der Waals surface area (Å²) in [6.07, 6.45) is 0.235. The lowest BCUT2D eigenvalue weighted by Crippen LogP contribution is -2.44. The Morgan fingerprint density at radius 2 is 1.81 bits per heavy atom. The van der Waals surface area contributed by atoms with E-state index >= 15 is 0 Å². The van der Waals surface area contributed by atoms with Gasteiger partial charge in [-0.1, -0.05) is 12.1 Å². The number of hydrogen-bond acceptors (Lipinski definition) is 5. The Hall–Kier alpha value is -1.59. The van der Waals surface area contributed by atoms with Gasteiger partial charge in [-0.3, -0.25) is 9.63 Å². The third-order valence-electron chi connectivity index (χ3n) is 2.52. The monoisotopic (exact) mass is 295 g/mol. The molecular weight excluding hydrogens is 270 g/mol. The van der Waals surface area contributed by atoms with Crippen LogP contribution in [0.5, 0.6) is 5.75 Å². The molecule has 1 rings (SSSR count). The molecular formula is C16H25NO4. The van der Waals surface area contributed by atoms with Crippen molar-refractivity contribution in [1.82, 2.24) is 5.48 Å². The predicted molar refractivity (Wildman–Crippen MR) is 80.8 cm³/mol. The van der Waals surface area contributed by atoms with Gasteiger partial charge >= 0.3 is 5.97 Å². The summed E-state index contributed by atoms with van der Waals surface area (Å²) < 4.78 is 5.24. The molecule has 0 bridgehead atoms. The second-order valence-corrected chi connectivity index (χ2v) is 6.24. The third kappa shape index (κ3) is 7.11. The number of carbonyl (C=O) groups is 1. The highest BCUT2D eigenvalue weighted by atomic mass is 16.7. The number of aromatic hydroxyl groups is 1. The van der Waals surface area contributed by atoms with Crippen molar-refractivity contribution >= 4 is 5.97 Å². The van der Waals surface area contributed by atoms with Crippen LogP contribution in [0.3, 0.4) is 0 Å². The molecule has 118 valence electrons. The summed E-state index contributed by atoms with van der Waals surface area (Å²) in [7, 11) is 0. The number of hydrogen-bond donors (Lipinski definition) is 2. The normalized spacial score (nSPS) is 13.2. The molecule has 0 aliphatic rings. The van der Waals surface area contributed by atoms with Gasteiger partial charge in [0.05, 0.1) is 11.7 Å². The van der Waals surface area contributed by atoms with E-state index in [9.17, 15) is 9.90 Å². The predicted octanol–water partition coefficient (Wildman–Crippen LogP) is 2.57. The van der Waals surface area contributed by atoms with E-state index in [1.54, 1.807) is 38.1 Å². The van der Waals surface area contributed by atoms with Gasteiger partial charge in [0, 0.05) is 6.42 Å². The van der Waals surface area contributed by atoms with E-state index in [0.29, 0.717) is 6.42 Å². The summed E-state index contributed by atoms with van der Waals surface area (Å²) in [4.78, 5) is 17.6. The van der Waals surface area contributed by atoms with Gasteiger partial charge < -0.3 is 9.84 Å². The first-order valence-electron chi connectivity index (χ1n) is 7.09. The highest BCUT2D eigenvalue weighted by Gasteiger charge is 2.24. The number of hydroxylamine groups is 1. The van der Waals surface area contributed by atoms with Gasteiger partial charge in [-0.15, -0.1) is 0 Å². The molecule has 0 aliphatic heterocycles. The van der Waals surface area contributed by atoms with Crippen LogP contribution in [-0.4, -0.2) is 28.8 Å². The van der Waals surface area contributed by atoms with Crippen LogP contribution in [-0.2, 0) is 20.8 Å². The lowest BCUT2D eigenvalue weighted by Gasteiger charge is -2.25. The SMILES string of the molecule is CC(C)OC(=O)[C@H](Cc1ccc(O)cc1)NOC(C)(C)C. The van der Waals surface area contributed by atoms with Crippen LogP contribution >= 0.6 is 0 Å². The number of phenolic OH excluding ortho intramolecular Hbond substituents is 1. The van der Waals surface area contributed by atoms with Crippen LogP contribution in [0.2, 0.25) is 0 Å². The minimum atomic E-state index is -0.601. The molecule has 5 nitrogen and oxygen atoms in total. The second kappa shape index (κ2) is 7.43. The molecule has 0 aromatic heterocycles. The first kappa shape index (κ1) is 17.5. The molecule has 1 atom stereocenters. The van der Waals surface area contributed by atoms with Gasteiger partial charge in [0.25, 0.3) is 0 Å². The summed E-state index contributed by atoms with van der Waals surface area (Å²) in [5.41, 5.74) is 3.29. The maximum atomic E-state index is 12.1. The number of ether oxygens (including phenoxy) is 1. The van der Waals surface area contributed by atoms with Gasteiger partial charge in [0.15, 0.2) is 0 Å². The molecule has 0 amide bonds. The Balaban J connectivity index is 2.75. The number of esters is 1. The summed E-state index contributed by atoms with van der Waals surface area (Å²) in [5, 5.41) is 9.30. The number of carbonyl (C=O) groups excluding carboxylic acids is 1. The molecule has 0 saturated carbocycles. The van der Waals surface area contributed by atoms with Gasteiger partial charge in [0.1, 0.15) is 11.8 Å². The largest absolute Gasteiger partial charge is 0.508 e. The zero-order valence-electron chi connectivity index (χ0n) is 13.3. The van der Waals surface area contributed by atoms with Crippen LogP contribution in [0.1, 0.15) is 40.2 Å². The molecule has 5 heteroatoms. The van der Waals surface area contributed by atoms with Crippen molar-refractivity contribution in [2.75, 3.05) is 0 Å². The summed E-state index contributed by atoms with van der Waals surface area (Å²) in [6, 6.07) is 6.11. The third-order valence-corrected chi connectivity index (χ3v) is 2.52. The van der Waals surface area contributed by atoms with Gasteiger partial charge in [-0.25, -0.2) is 0 Å². The first-order valence-corrected chi connectivity index (χ1v) is 7.09. The van der Waals surface area contributed by atoms with Crippen LogP contribution in [0, 0.1) is 0 Å². The van der Waals surface area contributed by atoms with Crippen molar-refractivity contribution in [3.8, 4) is 5.75 Å². The lowest BCUT2D eigenvalue weighted by molar-refractivity contribution is -0.160. The zero-order chi connectivity index (χ0) is 16.0. The molecule has 0 radical (unpaired) electrons. The number of phenols is 1. The summed E-state index contributed by atoms with van der Waals surface area (Å²) in [5.74, 6) is -0.165. The molecule has 0 aliphatic carbocycles. The van der Waals surface area contributed by atoms with Crippen molar-refractivity contribution in [2.24, 2.45) is 0 Å². The molecule has 0 unspecified atom stereocenters. The number of benzene rings is 1. The Morgan fingerprint density at radius 3 is 2.29 bits per heavy atom. The average Bonchev–Trinajstić information content (AvgIpc) is 2.34. The highest BCUT2D eigenvalue weighted by molar-refractivity contribution is 5.76. The van der Waals surface area contributed by atoms with E-state index in [1.807, 2.05) is 20.8 Å². The van der Waals surface area contributed by atoms with Crippen LogP contribution in [0.25, 0.3) is 0 Å². The molecule has 0 heterocycles. The van der Waals surface area contributed by atoms with Gasteiger partial charge in [-0.2, -0.15) is 5.48 Å². The Labute approximate surface area is 126 Å². The standard InChI is InChI=1S/C16H25NO4/c1-11(2)20-15(19)14(17-21-16(3,4)5)10-12-6-8-13(18)9-7-12/h6-9,11,14,17-18H,10H2,1-5H3/t14-/m0/s1. The first-order chi connectivity index (χ1) is 9.67. The van der Waals surface area contributed by atoms with Crippen LogP contribution in [0.4, 0.5) is 0 Å². The van der Waals surface area contributed by atoms with Crippen LogP contribution < -0.4 is 5.48 Å². The minimum absolute atomic E-state index is 0.184. The molecule has 2 N–H and O–H groups in total. The summed E-state index contributed by atoms with van der Waals surface area (Å²) in [6.45, 7) is 9.29. The maximum absolute atomic E-state index is 12.1. The summed E-state index contributed by atoms with van der Waals surface area (Å²) >= 11 is 0. The number of nitrogens with one attached hydrogen (secondary N) is 1. The average molecular weight is 295 g/mol. The van der Waals surface area contributed by atoms with Crippen molar-refractivity contribution in [3.05, 3.63) is 29.8 Å². The van der Waals surface area contributed by atoms with Crippen molar-refractivity contribution in [1.29, 1.82) is 0 Å². The smallest absolute Gasteiger partial charge is 0.326 e. The van der Waals surface area contributed by atoms with E-state index in [0.717, 1.165) is 5.56 Å². The fourth-order valence-electron chi connectivity index (χ4n) is 1.60. The molecule has 0 spiro atoms. The van der Waals surface area contributed by atoms with E-state index in [4.69, 9.17) is 9.57 Å². The maximum Gasteiger partial charge on any atom is 0.326 e. The molecule has 0 saturated heterocycles. The molecule has 1 aromatic carbocycles. The van der Waals surface area contributed by atoms with Crippen LogP contribution in [0.15, 0.2) is 24.3 Å². The molecule has 21 heavy (non-hydrogen) atoms. The van der Waals surface area contributed by atoms with Gasteiger partial charge in [-0.05, 0) is 52.3 Å². The fourth-order valence-corrected chi connectivity index (χ4v) is 1.60. The Bertz CT molecular complexity index is 448. The Morgan fingerprint density at radius 1 is 1.24 bits per heavy atom. The minimum Gasteiger partial charge on any atom is -0.508 e. The molecule has 0 fully saturated rings. The van der Waals surface area contributed by atoms with E-state index in [-0.39, 0.29) is 17.8 Å². The molecule has 1 aromatic rings. The topological polar surface area (TPSA) is 67.8 Å². The quantitative estimate of drug-likeness (QED) is 0.623. The fraction of sp³-hybridized carbons (Fsp3) is 0.562. The van der Waals surface area contributed by atoms with Gasteiger partial charge in [0.2, 0.25) is 0 Å².